The van der Waals surface area contributed by atoms with E-state index < -0.39 is 0 Å². The highest BCUT2D eigenvalue weighted by Crippen LogP contribution is 2.15. The van der Waals surface area contributed by atoms with Gasteiger partial charge in [-0.05, 0) is 65.5 Å². The molecule has 1 unspecified atom stereocenters. The third-order valence-electron chi connectivity index (χ3n) is 2.98. The van der Waals surface area contributed by atoms with Crippen molar-refractivity contribution in [3.63, 3.8) is 0 Å². The maximum Gasteiger partial charge on any atom is 0.287 e. The van der Waals surface area contributed by atoms with Crippen molar-refractivity contribution in [3.05, 3.63) is 52.4 Å². The number of benzene rings is 1. The number of hydrogen-bond donors (Lipinski definition) is 2. The number of furan rings is 1. The Bertz CT molecular complexity index is 577. The Labute approximate surface area is 125 Å². The number of hydrogen-bond acceptors (Lipinski definition) is 3. The Balaban J connectivity index is 1.82. The molecule has 0 aliphatic carbocycles. The molecular weight excluding hydrogens is 322 g/mol. The van der Waals surface area contributed by atoms with Crippen molar-refractivity contribution in [2.24, 2.45) is 0 Å². The molecule has 5 heteroatoms. The average Bonchev–Trinajstić information content (AvgIpc) is 2.85. The van der Waals surface area contributed by atoms with Gasteiger partial charge in [-0.15, -0.1) is 0 Å². The first kappa shape index (κ1) is 14.7. The van der Waals surface area contributed by atoms with Crippen molar-refractivity contribution in [2.45, 2.75) is 25.8 Å². The smallest absolute Gasteiger partial charge is 0.287 e. The summed E-state index contributed by atoms with van der Waals surface area (Å²) in [5.74, 6) is 0.348. The van der Waals surface area contributed by atoms with E-state index in [1.54, 1.807) is 24.3 Å². The molecule has 1 aromatic heterocycles. The lowest BCUT2D eigenvalue weighted by Gasteiger charge is -2.12. The molecule has 0 fully saturated rings. The molecule has 0 saturated carbocycles. The number of rotatable bonds is 5. The van der Waals surface area contributed by atoms with Crippen LogP contribution < -0.4 is 5.32 Å². The van der Waals surface area contributed by atoms with Crippen LogP contribution in [0.15, 0.2) is 45.5 Å². The van der Waals surface area contributed by atoms with Gasteiger partial charge < -0.3 is 14.8 Å². The third-order valence-corrected chi connectivity index (χ3v) is 3.40. The number of amides is 1. The van der Waals surface area contributed by atoms with Crippen LogP contribution in [0.1, 0.15) is 29.5 Å². The summed E-state index contributed by atoms with van der Waals surface area (Å²) in [5, 5.41) is 12.1. The highest BCUT2D eigenvalue weighted by atomic mass is 79.9. The average molecular weight is 338 g/mol. The van der Waals surface area contributed by atoms with Gasteiger partial charge in [-0.25, -0.2) is 0 Å². The molecule has 0 aliphatic rings. The minimum Gasteiger partial charge on any atom is -0.508 e. The molecule has 1 aromatic carbocycles. The Kier molecular flexibility index (Phi) is 4.84. The summed E-state index contributed by atoms with van der Waals surface area (Å²) in [6.07, 6.45) is 1.65. The summed E-state index contributed by atoms with van der Waals surface area (Å²) in [6, 6.07) is 10.5. The molecule has 1 amide bonds. The van der Waals surface area contributed by atoms with Crippen LogP contribution in [0.2, 0.25) is 0 Å². The van der Waals surface area contributed by atoms with Crippen molar-refractivity contribution in [3.8, 4) is 5.75 Å². The number of phenolic OH excluding ortho intramolecular Hbond substituents is 1. The van der Waals surface area contributed by atoms with Crippen LogP contribution in [0.3, 0.4) is 0 Å². The maximum atomic E-state index is 11.9. The van der Waals surface area contributed by atoms with E-state index in [1.807, 2.05) is 19.1 Å². The van der Waals surface area contributed by atoms with E-state index in [9.17, 15) is 9.90 Å². The van der Waals surface area contributed by atoms with E-state index in [4.69, 9.17) is 4.42 Å². The number of halogens is 1. The first-order valence-corrected chi connectivity index (χ1v) is 7.18. The molecule has 106 valence electrons. The van der Waals surface area contributed by atoms with Gasteiger partial charge in [0.05, 0.1) is 0 Å². The largest absolute Gasteiger partial charge is 0.508 e. The minimum absolute atomic E-state index is 0.0418. The topological polar surface area (TPSA) is 62.5 Å². The predicted octanol–water partition coefficient (Wildman–Crippen LogP) is 3.50. The van der Waals surface area contributed by atoms with Gasteiger partial charge in [-0.2, -0.15) is 0 Å². The van der Waals surface area contributed by atoms with Gasteiger partial charge in [-0.3, -0.25) is 4.79 Å². The summed E-state index contributed by atoms with van der Waals surface area (Å²) in [4.78, 5) is 11.9. The molecule has 2 N–H and O–H groups in total. The third kappa shape index (κ3) is 4.13. The van der Waals surface area contributed by atoms with Gasteiger partial charge in [-0.1, -0.05) is 12.1 Å². The second kappa shape index (κ2) is 6.61. The maximum absolute atomic E-state index is 11.9. The summed E-state index contributed by atoms with van der Waals surface area (Å²) < 4.78 is 5.74. The van der Waals surface area contributed by atoms with Crippen LogP contribution >= 0.6 is 15.9 Å². The van der Waals surface area contributed by atoms with Gasteiger partial charge in [0, 0.05) is 6.04 Å². The zero-order valence-electron chi connectivity index (χ0n) is 11.1. The second-order valence-corrected chi connectivity index (χ2v) is 5.46. The minimum atomic E-state index is -0.214. The lowest BCUT2D eigenvalue weighted by atomic mass is 10.1. The number of aryl methyl sites for hydroxylation is 1. The summed E-state index contributed by atoms with van der Waals surface area (Å²) in [6.45, 7) is 1.95. The highest BCUT2D eigenvalue weighted by Gasteiger charge is 2.13. The van der Waals surface area contributed by atoms with E-state index in [2.05, 4.69) is 21.2 Å². The number of aromatic hydroxyl groups is 1. The fourth-order valence-corrected chi connectivity index (χ4v) is 2.16. The Morgan fingerprint density at radius 1 is 1.30 bits per heavy atom. The van der Waals surface area contributed by atoms with E-state index in [-0.39, 0.29) is 17.7 Å². The normalized spacial score (nSPS) is 12.1. The molecular formula is C15H16BrNO3. The van der Waals surface area contributed by atoms with Gasteiger partial charge in [0.1, 0.15) is 5.75 Å². The lowest BCUT2D eigenvalue weighted by Crippen LogP contribution is -2.32. The first-order valence-electron chi connectivity index (χ1n) is 6.38. The molecule has 2 aromatic rings. The molecule has 4 nitrogen and oxygen atoms in total. The van der Waals surface area contributed by atoms with Crippen molar-refractivity contribution in [1.29, 1.82) is 0 Å². The van der Waals surface area contributed by atoms with Crippen molar-refractivity contribution in [2.75, 3.05) is 0 Å². The zero-order valence-corrected chi connectivity index (χ0v) is 12.7. The molecule has 20 heavy (non-hydrogen) atoms. The van der Waals surface area contributed by atoms with Crippen LogP contribution in [-0.2, 0) is 6.42 Å². The van der Waals surface area contributed by atoms with Gasteiger partial charge >= 0.3 is 0 Å². The number of carbonyl (C=O) groups excluding carboxylic acids is 1. The second-order valence-electron chi connectivity index (χ2n) is 4.68. The van der Waals surface area contributed by atoms with E-state index in [0.29, 0.717) is 10.4 Å². The van der Waals surface area contributed by atoms with E-state index >= 15 is 0 Å². The van der Waals surface area contributed by atoms with Gasteiger partial charge in [0.25, 0.3) is 5.91 Å². The monoisotopic (exact) mass is 337 g/mol. The quantitative estimate of drug-likeness (QED) is 0.877. The molecule has 0 spiro atoms. The number of nitrogens with one attached hydrogen (secondary N) is 1. The van der Waals surface area contributed by atoms with Crippen LogP contribution in [0, 0.1) is 0 Å². The molecule has 0 aliphatic heterocycles. The standard InChI is InChI=1S/C15H16BrNO3/c1-10(2-3-11-4-6-12(18)7-5-11)17-15(19)13-8-9-14(16)20-13/h4-10,18H,2-3H2,1H3,(H,17,19). The molecule has 0 radical (unpaired) electrons. The SMILES string of the molecule is CC(CCc1ccc(O)cc1)NC(=O)c1ccc(Br)o1. The highest BCUT2D eigenvalue weighted by molar-refractivity contribution is 9.10. The fourth-order valence-electron chi connectivity index (χ4n) is 1.85. The molecule has 0 bridgehead atoms. The summed E-state index contributed by atoms with van der Waals surface area (Å²) in [7, 11) is 0. The van der Waals surface area contributed by atoms with Crippen LogP contribution in [0.25, 0.3) is 0 Å². The Morgan fingerprint density at radius 3 is 2.60 bits per heavy atom. The van der Waals surface area contributed by atoms with Gasteiger partial charge in [0.2, 0.25) is 0 Å². The summed E-state index contributed by atoms with van der Waals surface area (Å²) >= 11 is 3.17. The van der Waals surface area contributed by atoms with Crippen molar-refractivity contribution < 1.29 is 14.3 Å². The van der Waals surface area contributed by atoms with Crippen LogP contribution in [-0.4, -0.2) is 17.1 Å². The van der Waals surface area contributed by atoms with Crippen LogP contribution in [0.5, 0.6) is 5.75 Å². The van der Waals surface area contributed by atoms with E-state index in [1.165, 1.54) is 0 Å². The van der Waals surface area contributed by atoms with Gasteiger partial charge in [0.15, 0.2) is 10.4 Å². The van der Waals surface area contributed by atoms with Crippen molar-refractivity contribution >= 4 is 21.8 Å². The summed E-state index contributed by atoms with van der Waals surface area (Å²) in [5.41, 5.74) is 1.13. The number of carbonyl (C=O) groups is 1. The Morgan fingerprint density at radius 2 is 2.00 bits per heavy atom. The zero-order chi connectivity index (χ0) is 14.5. The Hall–Kier alpha value is -1.75. The molecule has 2 rings (SSSR count). The molecule has 1 heterocycles. The molecule has 0 saturated heterocycles. The first-order chi connectivity index (χ1) is 9.54. The fraction of sp³-hybridized carbons (Fsp3) is 0.267. The molecule has 1 atom stereocenters. The van der Waals surface area contributed by atoms with Crippen LogP contribution in [0.4, 0.5) is 0 Å². The lowest BCUT2D eigenvalue weighted by molar-refractivity contribution is 0.0909. The van der Waals surface area contributed by atoms with E-state index in [0.717, 1.165) is 18.4 Å². The predicted molar refractivity (Wildman–Crippen MR) is 79.8 cm³/mol. The van der Waals surface area contributed by atoms with Crippen molar-refractivity contribution in [1.82, 2.24) is 5.32 Å². The number of phenols is 1.